The molecule has 2 aromatic heterocycles. The summed E-state index contributed by atoms with van der Waals surface area (Å²) < 4.78 is 18.9. The summed E-state index contributed by atoms with van der Waals surface area (Å²) in [5, 5.41) is 17.7. The molecule has 1 aliphatic rings. The summed E-state index contributed by atoms with van der Waals surface area (Å²) in [6.07, 6.45) is 5.26. The van der Waals surface area contributed by atoms with E-state index in [4.69, 9.17) is 0 Å². The quantitative estimate of drug-likeness (QED) is 0.445. The molecule has 2 aromatic carbocycles. The molecule has 1 fully saturated rings. The second-order valence-electron chi connectivity index (χ2n) is 8.77. The predicted octanol–water partition coefficient (Wildman–Crippen LogP) is 3.42. The molecule has 0 bridgehead atoms. The second kappa shape index (κ2) is 9.14. The Hall–Kier alpha value is -4.32. The Morgan fingerprint density at radius 1 is 1.11 bits per heavy atom. The number of halogens is 1. The minimum Gasteiger partial charge on any atom is -0.370 e. The van der Waals surface area contributed by atoms with Crippen LogP contribution in [0.2, 0.25) is 0 Å². The standard InChI is InChI=1S/C26H24FN7O/c1-32-18-30-31-24(32)26(27)10-12-33(13-11-26)23-20(14-28)8-5-9-22(23)21-15-29-25(35)34(17-21)16-19-6-3-2-4-7-19/h2-9,15,17-18H,10-13,16H2,1H3. The molecular formula is C26H24FN7O. The molecule has 0 atom stereocenters. The van der Waals surface area contributed by atoms with Crippen LogP contribution in [0.3, 0.4) is 0 Å². The molecule has 8 nitrogen and oxygen atoms in total. The maximum Gasteiger partial charge on any atom is 0.347 e. The van der Waals surface area contributed by atoms with Gasteiger partial charge in [0, 0.05) is 56.5 Å². The molecule has 1 saturated heterocycles. The lowest BCUT2D eigenvalue weighted by atomic mass is 9.90. The highest BCUT2D eigenvalue weighted by Gasteiger charge is 2.40. The van der Waals surface area contributed by atoms with Gasteiger partial charge in [0.2, 0.25) is 0 Å². The third kappa shape index (κ3) is 4.30. The van der Waals surface area contributed by atoms with Crippen LogP contribution in [0, 0.1) is 11.3 Å². The van der Waals surface area contributed by atoms with Crippen molar-refractivity contribution in [3.05, 3.63) is 94.7 Å². The van der Waals surface area contributed by atoms with Crippen LogP contribution in [0.15, 0.2) is 72.0 Å². The molecule has 0 radical (unpaired) electrons. The van der Waals surface area contributed by atoms with Gasteiger partial charge in [0.15, 0.2) is 11.5 Å². The smallest absolute Gasteiger partial charge is 0.347 e. The lowest BCUT2D eigenvalue weighted by Gasteiger charge is -2.38. The number of aromatic nitrogens is 5. The number of nitrogens with zero attached hydrogens (tertiary/aromatic N) is 7. The molecule has 35 heavy (non-hydrogen) atoms. The lowest BCUT2D eigenvalue weighted by Crippen LogP contribution is -2.42. The van der Waals surface area contributed by atoms with Crippen LogP contribution in [-0.4, -0.2) is 37.4 Å². The Bertz CT molecular complexity index is 1450. The van der Waals surface area contributed by atoms with Gasteiger partial charge in [0.1, 0.15) is 12.4 Å². The molecule has 0 saturated carbocycles. The van der Waals surface area contributed by atoms with Crippen molar-refractivity contribution in [2.45, 2.75) is 25.1 Å². The Labute approximate surface area is 201 Å². The van der Waals surface area contributed by atoms with Crippen molar-refractivity contribution >= 4 is 5.69 Å². The first-order chi connectivity index (χ1) is 17.0. The zero-order valence-electron chi connectivity index (χ0n) is 19.3. The van der Waals surface area contributed by atoms with Crippen molar-refractivity contribution in [3.8, 4) is 17.2 Å². The molecule has 0 amide bonds. The van der Waals surface area contributed by atoms with Gasteiger partial charge >= 0.3 is 5.69 Å². The fraction of sp³-hybridized carbons (Fsp3) is 0.269. The fourth-order valence-corrected chi connectivity index (χ4v) is 4.69. The van der Waals surface area contributed by atoms with Crippen LogP contribution in [0.25, 0.3) is 11.1 Å². The molecule has 0 N–H and O–H groups in total. The zero-order chi connectivity index (χ0) is 24.4. The minimum absolute atomic E-state index is 0.227. The summed E-state index contributed by atoms with van der Waals surface area (Å²) in [5.74, 6) is 0.322. The Morgan fingerprint density at radius 2 is 1.89 bits per heavy atom. The Balaban J connectivity index is 1.49. The highest BCUT2D eigenvalue weighted by Crippen LogP contribution is 2.40. The van der Waals surface area contributed by atoms with Crippen molar-refractivity contribution in [3.63, 3.8) is 0 Å². The van der Waals surface area contributed by atoms with E-state index in [9.17, 15) is 10.1 Å². The van der Waals surface area contributed by atoms with E-state index in [-0.39, 0.29) is 18.5 Å². The first kappa shape index (κ1) is 22.5. The van der Waals surface area contributed by atoms with E-state index in [1.165, 1.54) is 12.5 Å². The van der Waals surface area contributed by atoms with Crippen molar-refractivity contribution in [1.29, 1.82) is 5.26 Å². The van der Waals surface area contributed by atoms with E-state index in [2.05, 4.69) is 21.3 Å². The molecule has 3 heterocycles. The normalized spacial score (nSPS) is 15.1. The number of para-hydroxylation sites is 1. The van der Waals surface area contributed by atoms with E-state index in [0.29, 0.717) is 31.0 Å². The Morgan fingerprint density at radius 3 is 2.57 bits per heavy atom. The maximum atomic E-state index is 15.7. The number of benzene rings is 2. The minimum atomic E-state index is -1.58. The van der Waals surface area contributed by atoms with Crippen molar-refractivity contribution < 1.29 is 4.39 Å². The van der Waals surface area contributed by atoms with E-state index in [0.717, 1.165) is 22.4 Å². The van der Waals surface area contributed by atoms with Gasteiger partial charge in [-0.25, -0.2) is 14.2 Å². The summed E-state index contributed by atoms with van der Waals surface area (Å²) in [6.45, 7) is 1.21. The summed E-state index contributed by atoms with van der Waals surface area (Å²) in [7, 11) is 1.74. The number of hydrogen-bond acceptors (Lipinski definition) is 6. The number of nitriles is 1. The highest BCUT2D eigenvalue weighted by atomic mass is 19.1. The number of piperidine rings is 1. The summed E-state index contributed by atoms with van der Waals surface area (Å²) in [6, 6.07) is 17.4. The third-order valence-corrected chi connectivity index (χ3v) is 6.50. The van der Waals surface area contributed by atoms with Crippen LogP contribution >= 0.6 is 0 Å². The molecule has 1 aliphatic heterocycles. The average Bonchev–Trinajstić information content (AvgIpc) is 3.33. The maximum absolute atomic E-state index is 15.7. The van der Waals surface area contributed by atoms with Crippen molar-refractivity contribution in [2.75, 3.05) is 18.0 Å². The predicted molar refractivity (Wildman–Crippen MR) is 129 cm³/mol. The van der Waals surface area contributed by atoms with Gasteiger partial charge < -0.3 is 9.47 Å². The monoisotopic (exact) mass is 469 g/mol. The molecule has 0 aliphatic carbocycles. The molecule has 176 valence electrons. The van der Waals surface area contributed by atoms with E-state index >= 15 is 4.39 Å². The second-order valence-corrected chi connectivity index (χ2v) is 8.77. The van der Waals surface area contributed by atoms with Crippen molar-refractivity contribution in [1.82, 2.24) is 24.3 Å². The van der Waals surface area contributed by atoms with Gasteiger partial charge in [0.25, 0.3) is 0 Å². The number of anilines is 1. The lowest BCUT2D eigenvalue weighted by molar-refractivity contribution is 0.109. The molecule has 0 unspecified atom stereocenters. The van der Waals surface area contributed by atoms with Gasteiger partial charge in [-0.1, -0.05) is 42.5 Å². The molecular weight excluding hydrogens is 445 g/mol. The number of hydrogen-bond donors (Lipinski definition) is 0. The third-order valence-electron chi connectivity index (χ3n) is 6.50. The van der Waals surface area contributed by atoms with E-state index in [1.807, 2.05) is 47.4 Å². The fourth-order valence-electron chi connectivity index (χ4n) is 4.69. The topological polar surface area (TPSA) is 92.6 Å². The molecule has 4 aromatic rings. The average molecular weight is 470 g/mol. The number of aryl methyl sites for hydroxylation is 1. The van der Waals surface area contributed by atoms with Gasteiger partial charge in [-0.15, -0.1) is 10.2 Å². The van der Waals surface area contributed by atoms with Crippen LogP contribution in [0.4, 0.5) is 10.1 Å². The Kier molecular flexibility index (Phi) is 5.87. The first-order valence-electron chi connectivity index (χ1n) is 11.4. The zero-order valence-corrected chi connectivity index (χ0v) is 19.3. The number of rotatable bonds is 5. The van der Waals surface area contributed by atoms with Crippen LogP contribution < -0.4 is 10.6 Å². The van der Waals surface area contributed by atoms with Crippen molar-refractivity contribution in [2.24, 2.45) is 7.05 Å². The molecule has 9 heteroatoms. The van der Waals surface area contributed by atoms with E-state index in [1.54, 1.807) is 28.4 Å². The van der Waals surface area contributed by atoms with E-state index < -0.39 is 5.67 Å². The van der Waals surface area contributed by atoms with Gasteiger partial charge in [-0.3, -0.25) is 4.57 Å². The number of alkyl halides is 1. The van der Waals surface area contributed by atoms with Crippen LogP contribution in [0.1, 0.15) is 29.8 Å². The largest absolute Gasteiger partial charge is 0.370 e. The summed E-state index contributed by atoms with van der Waals surface area (Å²) in [4.78, 5) is 18.6. The van der Waals surface area contributed by atoms with Crippen LogP contribution in [0.5, 0.6) is 0 Å². The van der Waals surface area contributed by atoms with Gasteiger partial charge in [-0.05, 0) is 11.6 Å². The van der Waals surface area contributed by atoms with Gasteiger partial charge in [0.05, 0.1) is 17.8 Å². The van der Waals surface area contributed by atoms with Crippen LogP contribution in [-0.2, 0) is 19.3 Å². The van der Waals surface area contributed by atoms with Gasteiger partial charge in [-0.2, -0.15) is 5.26 Å². The summed E-state index contributed by atoms with van der Waals surface area (Å²) in [5.41, 5.74) is 1.78. The highest BCUT2D eigenvalue weighted by molar-refractivity contribution is 5.82. The summed E-state index contributed by atoms with van der Waals surface area (Å²) >= 11 is 0. The molecule has 0 spiro atoms. The first-order valence-corrected chi connectivity index (χ1v) is 11.4. The SMILES string of the molecule is Cn1cnnc1C1(F)CCN(c2c(C#N)cccc2-c2cnc(=O)n(Cc3ccccc3)c2)CC1. The molecule has 5 rings (SSSR count).